The first-order valence-corrected chi connectivity index (χ1v) is 7.33. The van der Waals surface area contributed by atoms with E-state index in [1.54, 1.807) is 13.8 Å². The Hall–Kier alpha value is -1.62. The highest BCUT2D eigenvalue weighted by Crippen LogP contribution is 2.35. The summed E-state index contributed by atoms with van der Waals surface area (Å²) in [6.07, 6.45) is -4.20. The lowest BCUT2D eigenvalue weighted by Gasteiger charge is -2.31. The number of hydrogen-bond donors (Lipinski definition) is 1. The zero-order valence-electron chi connectivity index (χ0n) is 13.1. The van der Waals surface area contributed by atoms with Gasteiger partial charge in [-0.25, -0.2) is 9.98 Å². The first-order chi connectivity index (χ1) is 11.2. The minimum absolute atomic E-state index is 0.0698. The van der Waals surface area contributed by atoms with E-state index in [1.165, 1.54) is 0 Å². The van der Waals surface area contributed by atoms with Crippen molar-refractivity contribution in [2.24, 2.45) is 10.7 Å². The van der Waals surface area contributed by atoms with Gasteiger partial charge in [-0.05, 0) is 13.8 Å². The van der Waals surface area contributed by atoms with Gasteiger partial charge in [0.15, 0.2) is 17.3 Å². The Morgan fingerprint density at radius 1 is 1.33 bits per heavy atom. The molecule has 0 saturated carbocycles. The smallest absolute Gasteiger partial charge is 0.368 e. The molecule has 24 heavy (non-hydrogen) atoms. The van der Waals surface area contributed by atoms with Gasteiger partial charge < -0.3 is 19.9 Å². The molecule has 3 heterocycles. The Bertz CT molecular complexity index is 650. The summed E-state index contributed by atoms with van der Waals surface area (Å²) in [7, 11) is 0. The fourth-order valence-corrected chi connectivity index (χ4v) is 2.68. The van der Waals surface area contributed by atoms with E-state index in [-0.39, 0.29) is 25.1 Å². The summed E-state index contributed by atoms with van der Waals surface area (Å²) < 4.78 is 55.3. The van der Waals surface area contributed by atoms with Crippen molar-refractivity contribution in [1.82, 2.24) is 9.97 Å². The summed E-state index contributed by atoms with van der Waals surface area (Å²) >= 11 is 0. The van der Waals surface area contributed by atoms with Crippen LogP contribution in [0.15, 0.2) is 17.4 Å². The molecule has 0 amide bonds. The highest BCUT2D eigenvalue weighted by Gasteiger charge is 2.50. The largest absolute Gasteiger partial charge is 0.434 e. The van der Waals surface area contributed by atoms with Gasteiger partial charge in [0, 0.05) is 6.54 Å². The van der Waals surface area contributed by atoms with E-state index in [4.69, 9.17) is 19.9 Å². The molecule has 2 saturated heterocycles. The minimum atomic E-state index is -4.59. The number of alkyl halides is 3. The quantitative estimate of drug-likeness (QED) is 0.871. The number of rotatable bonds is 2. The first-order valence-electron chi connectivity index (χ1n) is 7.33. The van der Waals surface area contributed by atoms with Crippen molar-refractivity contribution in [3.63, 3.8) is 0 Å². The summed E-state index contributed by atoms with van der Waals surface area (Å²) in [6, 6.07) is 0. The molecule has 1 aromatic heterocycles. The lowest BCUT2D eigenvalue weighted by Crippen LogP contribution is -2.51. The van der Waals surface area contributed by atoms with Crippen molar-refractivity contribution in [3.05, 3.63) is 18.1 Å². The maximum absolute atomic E-state index is 12.7. The Morgan fingerprint density at radius 3 is 2.75 bits per heavy atom. The molecule has 0 unspecified atom stereocenters. The van der Waals surface area contributed by atoms with Crippen LogP contribution < -0.4 is 5.73 Å². The van der Waals surface area contributed by atoms with Crippen LogP contribution in [-0.4, -0.2) is 52.9 Å². The van der Waals surface area contributed by atoms with Crippen LogP contribution >= 0.6 is 0 Å². The SMILES string of the molecule is CC1(C)O[C@@H]2[C@H](O1)C(=Nc1cncc(C(F)(F)F)n1)CO[C@@H]2CN. The Balaban J connectivity index is 1.90. The van der Waals surface area contributed by atoms with Gasteiger partial charge in [0.1, 0.15) is 12.2 Å². The molecule has 132 valence electrons. The zero-order valence-corrected chi connectivity index (χ0v) is 13.1. The van der Waals surface area contributed by atoms with Crippen molar-refractivity contribution >= 4 is 11.5 Å². The first kappa shape index (κ1) is 17.2. The van der Waals surface area contributed by atoms with Crippen LogP contribution in [0.5, 0.6) is 0 Å². The monoisotopic (exact) mass is 346 g/mol. The third kappa shape index (κ3) is 3.41. The van der Waals surface area contributed by atoms with E-state index in [1.807, 2.05) is 0 Å². The van der Waals surface area contributed by atoms with Crippen molar-refractivity contribution in [1.29, 1.82) is 0 Å². The van der Waals surface area contributed by atoms with Crippen molar-refractivity contribution in [2.75, 3.05) is 13.2 Å². The van der Waals surface area contributed by atoms with E-state index in [0.29, 0.717) is 11.9 Å². The topological polar surface area (TPSA) is 91.8 Å². The van der Waals surface area contributed by atoms with Gasteiger partial charge in [-0.2, -0.15) is 13.2 Å². The number of aromatic nitrogens is 2. The van der Waals surface area contributed by atoms with Gasteiger partial charge in [0.2, 0.25) is 0 Å². The zero-order chi connectivity index (χ0) is 17.5. The second-order valence-electron chi connectivity index (χ2n) is 5.97. The second-order valence-corrected chi connectivity index (χ2v) is 5.97. The van der Waals surface area contributed by atoms with Crippen LogP contribution in [0.3, 0.4) is 0 Å². The van der Waals surface area contributed by atoms with E-state index < -0.39 is 29.9 Å². The molecule has 0 radical (unpaired) electrons. The summed E-state index contributed by atoms with van der Waals surface area (Å²) in [6.45, 7) is 3.78. The van der Waals surface area contributed by atoms with Gasteiger partial charge in [0.05, 0.1) is 30.8 Å². The number of hydrogen-bond acceptors (Lipinski definition) is 7. The van der Waals surface area contributed by atoms with Gasteiger partial charge >= 0.3 is 6.18 Å². The maximum Gasteiger partial charge on any atom is 0.434 e. The number of nitrogens with zero attached hydrogens (tertiary/aromatic N) is 3. The van der Waals surface area contributed by atoms with Crippen LogP contribution in [0.25, 0.3) is 0 Å². The van der Waals surface area contributed by atoms with Crippen LogP contribution in [-0.2, 0) is 20.4 Å². The molecule has 0 bridgehead atoms. The van der Waals surface area contributed by atoms with Crippen LogP contribution in [0.2, 0.25) is 0 Å². The number of fused-ring (bicyclic) bond motifs is 1. The second kappa shape index (κ2) is 6.03. The normalized spacial score (nSPS) is 31.2. The summed E-state index contributed by atoms with van der Waals surface area (Å²) in [4.78, 5) is 11.2. The molecule has 2 fully saturated rings. The number of aliphatic imine (C=N–C) groups is 1. The average molecular weight is 346 g/mol. The summed E-state index contributed by atoms with van der Waals surface area (Å²) in [5, 5.41) is 0. The Kier molecular flexibility index (Phi) is 4.32. The van der Waals surface area contributed by atoms with E-state index in [0.717, 1.165) is 6.20 Å². The Morgan fingerprint density at radius 2 is 2.08 bits per heavy atom. The standard InChI is InChI=1S/C14H17F3N4O3/c1-13(2)23-11-7(6-22-8(3-18)12(11)24-13)20-10-5-19-4-9(21-10)14(15,16)17/h4-5,8,11-12H,3,6,18H2,1-2H3/t8-,11-,12+/m1/s1. The highest BCUT2D eigenvalue weighted by molar-refractivity contribution is 5.93. The fraction of sp³-hybridized carbons (Fsp3) is 0.643. The van der Waals surface area contributed by atoms with Gasteiger partial charge in [-0.15, -0.1) is 0 Å². The lowest BCUT2D eigenvalue weighted by molar-refractivity contribution is -0.152. The van der Waals surface area contributed by atoms with Crippen LogP contribution in [0, 0.1) is 0 Å². The van der Waals surface area contributed by atoms with Gasteiger partial charge in [-0.3, -0.25) is 4.98 Å². The molecule has 7 nitrogen and oxygen atoms in total. The molecule has 10 heteroatoms. The summed E-state index contributed by atoms with van der Waals surface area (Å²) in [5.74, 6) is -1.03. The van der Waals surface area contributed by atoms with Crippen molar-refractivity contribution < 1.29 is 27.4 Å². The molecule has 3 rings (SSSR count). The van der Waals surface area contributed by atoms with Gasteiger partial charge in [-0.1, -0.05) is 0 Å². The maximum atomic E-state index is 12.7. The summed E-state index contributed by atoms with van der Waals surface area (Å²) in [5.41, 5.74) is 4.95. The third-order valence-electron chi connectivity index (χ3n) is 3.67. The van der Waals surface area contributed by atoms with Crippen molar-refractivity contribution in [2.45, 2.75) is 44.1 Å². The Labute approximate surface area is 136 Å². The van der Waals surface area contributed by atoms with E-state index in [2.05, 4.69) is 15.0 Å². The molecule has 0 aromatic carbocycles. The molecular formula is C14H17F3N4O3. The van der Waals surface area contributed by atoms with Crippen LogP contribution in [0.1, 0.15) is 19.5 Å². The number of nitrogens with two attached hydrogens (primary N) is 1. The molecule has 0 aliphatic carbocycles. The molecule has 1 aromatic rings. The molecule has 0 spiro atoms. The predicted octanol–water partition coefficient (Wildman–Crippen LogP) is 1.45. The molecule has 3 atom stereocenters. The lowest BCUT2D eigenvalue weighted by atomic mass is 10.0. The fourth-order valence-electron chi connectivity index (χ4n) is 2.68. The van der Waals surface area contributed by atoms with Gasteiger partial charge in [0.25, 0.3) is 0 Å². The van der Waals surface area contributed by atoms with E-state index >= 15 is 0 Å². The van der Waals surface area contributed by atoms with Crippen molar-refractivity contribution in [3.8, 4) is 0 Å². The molecule has 2 aliphatic heterocycles. The third-order valence-corrected chi connectivity index (χ3v) is 3.67. The van der Waals surface area contributed by atoms with E-state index in [9.17, 15) is 13.2 Å². The number of ether oxygens (including phenoxy) is 3. The molecular weight excluding hydrogens is 329 g/mol. The van der Waals surface area contributed by atoms with Crippen LogP contribution in [0.4, 0.5) is 19.0 Å². The molecule has 2 aliphatic rings. The highest BCUT2D eigenvalue weighted by atomic mass is 19.4. The molecule has 2 N–H and O–H groups in total. The minimum Gasteiger partial charge on any atom is -0.368 e. The number of halogens is 3. The average Bonchev–Trinajstić information content (AvgIpc) is 2.83. The predicted molar refractivity (Wildman–Crippen MR) is 76.7 cm³/mol.